The van der Waals surface area contributed by atoms with E-state index in [4.69, 9.17) is 0 Å². The molecule has 20 heavy (non-hydrogen) atoms. The Kier molecular flexibility index (Phi) is 2.96. The summed E-state index contributed by atoms with van der Waals surface area (Å²) >= 11 is 0. The van der Waals surface area contributed by atoms with Gasteiger partial charge in [0, 0.05) is 12.3 Å². The molecule has 1 N–H and O–H groups in total. The summed E-state index contributed by atoms with van der Waals surface area (Å²) < 4.78 is 0. The van der Waals surface area contributed by atoms with Crippen molar-refractivity contribution in [3.63, 3.8) is 0 Å². The van der Waals surface area contributed by atoms with Gasteiger partial charge in [-0.15, -0.1) is 0 Å². The minimum absolute atomic E-state index is 0.0965. The Bertz CT molecular complexity index is 547. The lowest BCUT2D eigenvalue weighted by atomic mass is 9.60. The van der Waals surface area contributed by atoms with Crippen LogP contribution in [-0.2, 0) is 16.0 Å². The molecule has 0 spiro atoms. The van der Waals surface area contributed by atoms with E-state index in [0.717, 1.165) is 18.4 Å². The molecule has 1 aromatic rings. The number of rotatable bonds is 3. The smallest absolute Gasteiger partial charge is 0.230 e. The molecular weight excluding hydrogens is 250 g/mol. The van der Waals surface area contributed by atoms with E-state index in [1.807, 2.05) is 18.2 Å². The van der Waals surface area contributed by atoms with Crippen molar-refractivity contribution in [2.75, 3.05) is 0 Å². The fraction of sp³-hybridized carbons (Fsp3) is 0.529. The van der Waals surface area contributed by atoms with Gasteiger partial charge in [-0.25, -0.2) is 0 Å². The van der Waals surface area contributed by atoms with Gasteiger partial charge in [-0.3, -0.25) is 14.9 Å². The highest BCUT2D eigenvalue weighted by molar-refractivity contribution is 6.00. The summed E-state index contributed by atoms with van der Waals surface area (Å²) in [7, 11) is 0. The van der Waals surface area contributed by atoms with Gasteiger partial charge in [0.1, 0.15) is 0 Å². The van der Waals surface area contributed by atoms with Crippen LogP contribution >= 0.6 is 0 Å². The summed E-state index contributed by atoms with van der Waals surface area (Å²) in [6.07, 6.45) is 3.42. The van der Waals surface area contributed by atoms with Crippen LogP contribution in [0.2, 0.25) is 0 Å². The molecule has 0 bridgehead atoms. The fourth-order valence-electron chi connectivity index (χ4n) is 3.58. The molecule has 1 heterocycles. The van der Waals surface area contributed by atoms with Gasteiger partial charge in [-0.2, -0.15) is 0 Å². The topological polar surface area (TPSA) is 46.2 Å². The van der Waals surface area contributed by atoms with E-state index >= 15 is 0 Å². The van der Waals surface area contributed by atoms with E-state index in [0.29, 0.717) is 12.8 Å². The average Bonchev–Trinajstić information content (AvgIpc) is 3.15. The standard InChI is InChI=1S/C17H21NO2/c1-16(8-9-16)17(2)11-14(19)18-15(20)13(17)10-12-6-4-3-5-7-12/h3-7,13H,8-11H2,1-2H3,(H,18,19,20). The van der Waals surface area contributed by atoms with Crippen LogP contribution in [0, 0.1) is 16.7 Å². The lowest BCUT2D eigenvalue weighted by molar-refractivity contribution is -0.146. The Morgan fingerprint density at radius 2 is 1.80 bits per heavy atom. The highest BCUT2D eigenvalue weighted by atomic mass is 16.2. The number of nitrogens with one attached hydrogen (secondary N) is 1. The molecule has 3 rings (SSSR count). The normalized spacial score (nSPS) is 31.8. The molecule has 2 unspecified atom stereocenters. The third kappa shape index (κ3) is 2.05. The molecule has 1 aliphatic carbocycles. The zero-order valence-corrected chi connectivity index (χ0v) is 12.1. The van der Waals surface area contributed by atoms with Gasteiger partial charge in [-0.05, 0) is 35.7 Å². The van der Waals surface area contributed by atoms with Crippen LogP contribution in [0.15, 0.2) is 30.3 Å². The number of benzene rings is 1. The molecule has 0 aromatic heterocycles. The van der Waals surface area contributed by atoms with Gasteiger partial charge in [-0.1, -0.05) is 44.2 Å². The lowest BCUT2D eigenvalue weighted by Crippen LogP contribution is -2.54. The zero-order chi connectivity index (χ0) is 14.4. The molecule has 2 amide bonds. The molecule has 3 heteroatoms. The second-order valence-electron chi connectivity index (χ2n) is 6.81. The highest BCUT2D eigenvalue weighted by Crippen LogP contribution is 2.64. The summed E-state index contributed by atoms with van der Waals surface area (Å²) in [5.41, 5.74) is 1.08. The second kappa shape index (κ2) is 4.44. The van der Waals surface area contributed by atoms with Crippen molar-refractivity contribution in [3.05, 3.63) is 35.9 Å². The van der Waals surface area contributed by atoms with Crippen molar-refractivity contribution < 1.29 is 9.59 Å². The third-order valence-electron chi connectivity index (χ3n) is 5.54. The number of amides is 2. The SMILES string of the molecule is CC1(C2(C)CC(=O)NC(=O)C2Cc2ccccc2)CC1. The Morgan fingerprint density at radius 3 is 2.40 bits per heavy atom. The van der Waals surface area contributed by atoms with Crippen LogP contribution < -0.4 is 5.32 Å². The molecule has 106 valence electrons. The number of hydrogen-bond donors (Lipinski definition) is 1. The van der Waals surface area contributed by atoms with E-state index in [-0.39, 0.29) is 28.6 Å². The summed E-state index contributed by atoms with van der Waals surface area (Å²) in [6.45, 7) is 4.35. The van der Waals surface area contributed by atoms with Gasteiger partial charge in [0.05, 0.1) is 0 Å². The first-order valence-corrected chi connectivity index (χ1v) is 7.32. The Morgan fingerprint density at radius 1 is 1.15 bits per heavy atom. The van der Waals surface area contributed by atoms with E-state index in [1.165, 1.54) is 0 Å². The van der Waals surface area contributed by atoms with Crippen LogP contribution in [0.1, 0.15) is 38.7 Å². The molecule has 2 atom stereocenters. The van der Waals surface area contributed by atoms with E-state index < -0.39 is 0 Å². The van der Waals surface area contributed by atoms with Crippen molar-refractivity contribution in [3.8, 4) is 0 Å². The summed E-state index contributed by atoms with van der Waals surface area (Å²) in [6, 6.07) is 10.1. The van der Waals surface area contributed by atoms with Crippen LogP contribution in [0.5, 0.6) is 0 Å². The third-order valence-corrected chi connectivity index (χ3v) is 5.54. The van der Waals surface area contributed by atoms with Gasteiger partial charge < -0.3 is 0 Å². The fourth-order valence-corrected chi connectivity index (χ4v) is 3.58. The Balaban J connectivity index is 1.92. The summed E-state index contributed by atoms with van der Waals surface area (Å²) in [4.78, 5) is 24.2. The number of carbonyl (C=O) groups excluding carboxylic acids is 2. The highest BCUT2D eigenvalue weighted by Gasteiger charge is 2.60. The van der Waals surface area contributed by atoms with Gasteiger partial charge in [0.25, 0.3) is 0 Å². The average molecular weight is 271 g/mol. The van der Waals surface area contributed by atoms with Crippen LogP contribution in [0.3, 0.4) is 0 Å². The zero-order valence-electron chi connectivity index (χ0n) is 12.1. The lowest BCUT2D eigenvalue weighted by Gasteiger charge is -2.45. The first kappa shape index (κ1) is 13.3. The minimum Gasteiger partial charge on any atom is -0.296 e. The van der Waals surface area contributed by atoms with Crippen LogP contribution in [0.25, 0.3) is 0 Å². The Labute approximate surface area is 119 Å². The maximum Gasteiger partial charge on any atom is 0.230 e. The maximum atomic E-state index is 12.4. The van der Waals surface area contributed by atoms with Crippen molar-refractivity contribution in [2.45, 2.75) is 39.5 Å². The van der Waals surface area contributed by atoms with Gasteiger partial charge >= 0.3 is 0 Å². The summed E-state index contributed by atoms with van der Waals surface area (Å²) in [5, 5.41) is 2.53. The molecule has 1 saturated carbocycles. The molecular formula is C17H21NO2. The summed E-state index contributed by atoms with van der Waals surface area (Å²) in [5.74, 6) is -0.328. The molecule has 1 saturated heterocycles. The predicted octanol–water partition coefficient (Wildman–Crippen LogP) is 2.70. The number of hydrogen-bond acceptors (Lipinski definition) is 2. The first-order chi connectivity index (χ1) is 9.45. The predicted molar refractivity (Wildman–Crippen MR) is 76.9 cm³/mol. The van der Waals surface area contributed by atoms with Gasteiger partial charge in [0.15, 0.2) is 0 Å². The minimum atomic E-state index is -0.220. The number of carbonyl (C=O) groups is 2. The van der Waals surface area contributed by atoms with E-state index in [2.05, 4.69) is 31.3 Å². The number of piperidine rings is 1. The second-order valence-corrected chi connectivity index (χ2v) is 6.81. The molecule has 3 nitrogen and oxygen atoms in total. The van der Waals surface area contributed by atoms with Crippen molar-refractivity contribution in [2.24, 2.45) is 16.7 Å². The quantitative estimate of drug-likeness (QED) is 0.859. The van der Waals surface area contributed by atoms with Gasteiger partial charge in [0.2, 0.25) is 11.8 Å². The Hall–Kier alpha value is -1.64. The first-order valence-electron chi connectivity index (χ1n) is 7.32. The maximum absolute atomic E-state index is 12.4. The largest absolute Gasteiger partial charge is 0.296 e. The van der Waals surface area contributed by atoms with E-state index in [1.54, 1.807) is 0 Å². The number of imide groups is 1. The molecule has 2 fully saturated rings. The molecule has 0 radical (unpaired) electrons. The van der Waals surface area contributed by atoms with E-state index in [9.17, 15) is 9.59 Å². The van der Waals surface area contributed by atoms with Crippen LogP contribution in [0.4, 0.5) is 0 Å². The molecule has 1 aliphatic heterocycles. The van der Waals surface area contributed by atoms with Crippen molar-refractivity contribution >= 4 is 11.8 Å². The monoisotopic (exact) mass is 271 g/mol. The van der Waals surface area contributed by atoms with Crippen molar-refractivity contribution in [1.82, 2.24) is 5.32 Å². The molecule has 1 aromatic carbocycles. The van der Waals surface area contributed by atoms with Crippen LogP contribution in [-0.4, -0.2) is 11.8 Å². The van der Waals surface area contributed by atoms with Crippen molar-refractivity contribution in [1.29, 1.82) is 0 Å². The molecule has 2 aliphatic rings.